The van der Waals surface area contributed by atoms with E-state index in [4.69, 9.17) is 4.74 Å². The quantitative estimate of drug-likeness (QED) is 0.777. The molecule has 1 aliphatic heterocycles. The number of nitrogens with one attached hydrogen (secondary N) is 2. The zero-order chi connectivity index (χ0) is 18.1. The third kappa shape index (κ3) is 3.19. The molecule has 3 atom stereocenters. The maximum absolute atomic E-state index is 11.9. The number of carbonyl (C=O) groups is 1. The fraction of sp³-hybridized carbons (Fsp3) is 0.526. The summed E-state index contributed by atoms with van der Waals surface area (Å²) in [4.78, 5) is 25.9. The zero-order valence-electron chi connectivity index (χ0n) is 15.1. The number of likely N-dealkylation sites (tertiary alicyclic amines) is 1. The summed E-state index contributed by atoms with van der Waals surface area (Å²) in [5.74, 6) is 1.92. The molecule has 1 amide bonds. The summed E-state index contributed by atoms with van der Waals surface area (Å²) in [5, 5.41) is 4.63. The first-order valence-corrected chi connectivity index (χ1v) is 9.20. The van der Waals surface area contributed by atoms with Crippen molar-refractivity contribution in [1.29, 1.82) is 0 Å². The fourth-order valence-corrected chi connectivity index (χ4v) is 4.03. The Labute approximate surface area is 152 Å². The average Bonchev–Trinajstić information content (AvgIpc) is 3.28. The number of piperidine rings is 1. The molecule has 2 aliphatic rings. The first kappa shape index (κ1) is 17.0. The Morgan fingerprint density at radius 3 is 3.23 bits per heavy atom. The Kier molecular flexibility index (Phi) is 4.63. The molecule has 2 aromatic heterocycles. The smallest absolute Gasteiger partial charge is 0.246 e. The maximum atomic E-state index is 11.9. The lowest BCUT2D eigenvalue weighted by Gasteiger charge is -2.33. The van der Waals surface area contributed by atoms with Crippen LogP contribution in [0.3, 0.4) is 0 Å². The Hall–Kier alpha value is -2.41. The molecule has 7 nitrogen and oxygen atoms in total. The topological polar surface area (TPSA) is 83.1 Å². The van der Waals surface area contributed by atoms with Crippen molar-refractivity contribution in [2.45, 2.75) is 31.2 Å². The van der Waals surface area contributed by atoms with Crippen LogP contribution in [0.2, 0.25) is 0 Å². The highest BCUT2D eigenvalue weighted by Gasteiger charge is 2.40. The minimum absolute atomic E-state index is 0.00736. The van der Waals surface area contributed by atoms with Crippen LogP contribution in [-0.2, 0) is 9.53 Å². The third-order valence-corrected chi connectivity index (χ3v) is 5.45. The van der Waals surface area contributed by atoms with Crippen molar-refractivity contribution in [3.8, 4) is 0 Å². The SMILES string of the molecule is C=CC(=O)N1CCC[C@@H](Nc2ncnc3[nH]cc(C4C[C@@H]4COC)c23)C1. The number of rotatable bonds is 6. The van der Waals surface area contributed by atoms with E-state index in [-0.39, 0.29) is 11.9 Å². The monoisotopic (exact) mass is 355 g/mol. The number of aromatic nitrogens is 3. The Balaban J connectivity index is 1.56. The van der Waals surface area contributed by atoms with E-state index >= 15 is 0 Å². The molecule has 2 fully saturated rings. The van der Waals surface area contributed by atoms with Crippen LogP contribution in [0.4, 0.5) is 5.82 Å². The van der Waals surface area contributed by atoms with Gasteiger partial charge in [-0.05, 0) is 42.7 Å². The lowest BCUT2D eigenvalue weighted by molar-refractivity contribution is -0.127. The van der Waals surface area contributed by atoms with Crippen molar-refractivity contribution in [3.63, 3.8) is 0 Å². The minimum atomic E-state index is -0.00736. The van der Waals surface area contributed by atoms with Crippen LogP contribution in [0.1, 0.15) is 30.7 Å². The van der Waals surface area contributed by atoms with Crippen molar-refractivity contribution in [1.82, 2.24) is 19.9 Å². The molecule has 1 saturated carbocycles. The number of fused-ring (bicyclic) bond motifs is 1. The molecule has 4 rings (SSSR count). The predicted molar refractivity (Wildman–Crippen MR) is 100 cm³/mol. The molecule has 0 radical (unpaired) electrons. The second kappa shape index (κ2) is 7.07. The second-order valence-electron chi connectivity index (χ2n) is 7.22. The lowest BCUT2D eigenvalue weighted by atomic mass is 10.0. The van der Waals surface area contributed by atoms with Gasteiger partial charge in [0.15, 0.2) is 0 Å². The molecule has 2 N–H and O–H groups in total. The van der Waals surface area contributed by atoms with Crippen molar-refractivity contribution in [2.24, 2.45) is 5.92 Å². The molecular weight excluding hydrogens is 330 g/mol. The van der Waals surface area contributed by atoms with Gasteiger partial charge in [0.05, 0.1) is 5.39 Å². The van der Waals surface area contributed by atoms with Gasteiger partial charge in [0.25, 0.3) is 0 Å². The highest BCUT2D eigenvalue weighted by atomic mass is 16.5. The number of anilines is 1. The van der Waals surface area contributed by atoms with Crippen molar-refractivity contribution in [3.05, 3.63) is 30.7 Å². The average molecular weight is 355 g/mol. The van der Waals surface area contributed by atoms with E-state index in [0.29, 0.717) is 18.4 Å². The first-order valence-electron chi connectivity index (χ1n) is 9.20. The fourth-order valence-electron chi connectivity index (χ4n) is 4.03. The molecule has 2 aromatic rings. The first-order chi connectivity index (χ1) is 12.7. The van der Waals surface area contributed by atoms with Gasteiger partial charge in [0.1, 0.15) is 17.8 Å². The lowest BCUT2D eigenvalue weighted by Crippen LogP contribution is -2.44. The van der Waals surface area contributed by atoms with E-state index in [0.717, 1.165) is 49.3 Å². The summed E-state index contributed by atoms with van der Waals surface area (Å²) >= 11 is 0. The molecule has 1 aliphatic carbocycles. The van der Waals surface area contributed by atoms with Gasteiger partial charge < -0.3 is 19.9 Å². The number of methoxy groups -OCH3 is 1. The molecule has 0 bridgehead atoms. The van der Waals surface area contributed by atoms with Gasteiger partial charge in [0.2, 0.25) is 5.91 Å². The second-order valence-corrected chi connectivity index (χ2v) is 7.22. The van der Waals surface area contributed by atoms with E-state index in [1.807, 2.05) is 4.90 Å². The summed E-state index contributed by atoms with van der Waals surface area (Å²) in [6.45, 7) is 5.84. The number of nitrogens with zero attached hydrogens (tertiary/aromatic N) is 3. The number of aromatic amines is 1. The Morgan fingerprint density at radius 1 is 1.54 bits per heavy atom. The third-order valence-electron chi connectivity index (χ3n) is 5.45. The van der Waals surface area contributed by atoms with Crippen molar-refractivity contribution in [2.75, 3.05) is 32.1 Å². The summed E-state index contributed by atoms with van der Waals surface area (Å²) in [6.07, 6.45) is 8.16. The molecule has 0 spiro atoms. The molecule has 1 unspecified atom stereocenters. The van der Waals surface area contributed by atoms with E-state index in [9.17, 15) is 4.79 Å². The Morgan fingerprint density at radius 2 is 2.42 bits per heavy atom. The summed E-state index contributed by atoms with van der Waals surface area (Å²) < 4.78 is 5.30. The highest BCUT2D eigenvalue weighted by molar-refractivity contribution is 5.91. The van der Waals surface area contributed by atoms with E-state index in [1.54, 1.807) is 13.4 Å². The highest BCUT2D eigenvalue weighted by Crippen LogP contribution is 2.50. The normalized spacial score (nSPS) is 25.3. The number of hydrogen-bond donors (Lipinski definition) is 2. The summed E-state index contributed by atoms with van der Waals surface area (Å²) in [5.41, 5.74) is 2.12. The van der Waals surface area contributed by atoms with Gasteiger partial charge >= 0.3 is 0 Å². The Bertz CT molecular complexity index is 817. The largest absolute Gasteiger partial charge is 0.384 e. The van der Waals surface area contributed by atoms with E-state index in [1.165, 1.54) is 11.6 Å². The van der Waals surface area contributed by atoms with Crippen LogP contribution in [0.25, 0.3) is 11.0 Å². The summed E-state index contributed by atoms with van der Waals surface area (Å²) in [7, 11) is 1.75. The van der Waals surface area contributed by atoms with Gasteiger partial charge in [-0.1, -0.05) is 6.58 Å². The van der Waals surface area contributed by atoms with E-state index < -0.39 is 0 Å². The zero-order valence-corrected chi connectivity index (χ0v) is 15.1. The van der Waals surface area contributed by atoms with Crippen molar-refractivity contribution >= 4 is 22.8 Å². The van der Waals surface area contributed by atoms with Gasteiger partial charge in [-0.25, -0.2) is 9.97 Å². The maximum Gasteiger partial charge on any atom is 0.246 e. The van der Waals surface area contributed by atoms with Gasteiger partial charge in [-0.3, -0.25) is 4.79 Å². The van der Waals surface area contributed by atoms with Gasteiger partial charge in [-0.15, -0.1) is 0 Å². The molecule has 0 aromatic carbocycles. The number of H-pyrrole nitrogens is 1. The van der Waals surface area contributed by atoms with Crippen LogP contribution < -0.4 is 5.32 Å². The molecule has 138 valence electrons. The standard InChI is InChI=1S/C19H25N5O2/c1-3-16(25)24-6-4-5-13(9-24)23-19-17-15(14-7-12(14)10-26-2)8-20-18(17)21-11-22-19/h3,8,11-14H,1,4-7,9-10H2,2H3,(H2,20,21,22,23)/t12-,13-,14?/m1/s1. The van der Waals surface area contributed by atoms with Gasteiger partial charge in [0, 0.05) is 39.0 Å². The van der Waals surface area contributed by atoms with Crippen LogP contribution in [0, 0.1) is 5.92 Å². The van der Waals surface area contributed by atoms with E-state index in [2.05, 4.69) is 33.0 Å². The predicted octanol–water partition coefficient (Wildman–Crippen LogP) is 2.30. The van der Waals surface area contributed by atoms with Gasteiger partial charge in [-0.2, -0.15) is 0 Å². The number of amides is 1. The van der Waals surface area contributed by atoms with Crippen LogP contribution in [0.5, 0.6) is 0 Å². The minimum Gasteiger partial charge on any atom is -0.384 e. The summed E-state index contributed by atoms with van der Waals surface area (Å²) in [6, 6.07) is 0.183. The number of hydrogen-bond acceptors (Lipinski definition) is 5. The molecular formula is C19H25N5O2. The molecule has 7 heteroatoms. The van der Waals surface area contributed by atoms with Crippen LogP contribution >= 0.6 is 0 Å². The molecule has 3 heterocycles. The van der Waals surface area contributed by atoms with Crippen LogP contribution in [0.15, 0.2) is 25.2 Å². The van der Waals surface area contributed by atoms with Crippen LogP contribution in [-0.4, -0.2) is 58.6 Å². The number of ether oxygens (including phenoxy) is 1. The molecule has 1 saturated heterocycles. The number of carbonyl (C=O) groups excluding carboxylic acids is 1. The van der Waals surface area contributed by atoms with Crippen molar-refractivity contribution < 1.29 is 9.53 Å². The molecule has 26 heavy (non-hydrogen) atoms.